The van der Waals surface area contributed by atoms with E-state index in [-0.39, 0.29) is 12.7 Å². The number of nitrogens with zero attached hydrogens (tertiary/aromatic N) is 1. The zero-order chi connectivity index (χ0) is 18.5. The minimum atomic E-state index is -0.986. The van der Waals surface area contributed by atoms with Crippen molar-refractivity contribution in [3.63, 3.8) is 0 Å². The number of carbonyl (C=O) groups excluding carboxylic acids is 2. The van der Waals surface area contributed by atoms with Crippen LogP contribution in [0.1, 0.15) is 17.2 Å². The molecule has 3 rings (SSSR count). The number of ether oxygens (including phenoxy) is 3. The van der Waals surface area contributed by atoms with E-state index >= 15 is 0 Å². The summed E-state index contributed by atoms with van der Waals surface area (Å²) in [6.45, 7) is 0.190. The minimum absolute atomic E-state index is 0.190. The van der Waals surface area contributed by atoms with Gasteiger partial charge in [0, 0.05) is 25.7 Å². The van der Waals surface area contributed by atoms with Gasteiger partial charge in [-0.1, -0.05) is 36.4 Å². The van der Waals surface area contributed by atoms with E-state index in [1.165, 1.54) is 11.0 Å². The van der Waals surface area contributed by atoms with E-state index in [2.05, 4.69) is 0 Å². The second kappa shape index (κ2) is 7.74. The van der Waals surface area contributed by atoms with Gasteiger partial charge in [0.1, 0.15) is 0 Å². The summed E-state index contributed by atoms with van der Waals surface area (Å²) in [5.41, 5.74) is 1.39. The van der Waals surface area contributed by atoms with Crippen molar-refractivity contribution >= 4 is 18.0 Å². The third-order valence-corrected chi connectivity index (χ3v) is 3.81. The Kier molecular flexibility index (Phi) is 5.22. The molecule has 0 saturated heterocycles. The molecule has 0 N–H and O–H groups in total. The summed E-state index contributed by atoms with van der Waals surface area (Å²) in [4.78, 5) is 26.0. The van der Waals surface area contributed by atoms with E-state index in [4.69, 9.17) is 14.2 Å². The molecule has 0 aliphatic carbocycles. The van der Waals surface area contributed by atoms with Crippen molar-refractivity contribution in [1.29, 1.82) is 0 Å². The number of amides is 1. The molecular weight excluding hydrogens is 334 g/mol. The number of benzene rings is 2. The van der Waals surface area contributed by atoms with Gasteiger partial charge in [-0.3, -0.25) is 4.79 Å². The molecule has 2 aromatic carbocycles. The van der Waals surface area contributed by atoms with Crippen molar-refractivity contribution in [2.45, 2.75) is 6.10 Å². The molecule has 6 heteroatoms. The summed E-state index contributed by atoms with van der Waals surface area (Å²) >= 11 is 0. The number of fused-ring (bicyclic) bond motifs is 1. The van der Waals surface area contributed by atoms with E-state index in [9.17, 15) is 9.59 Å². The van der Waals surface area contributed by atoms with Gasteiger partial charge in [0.05, 0.1) is 0 Å². The van der Waals surface area contributed by atoms with Gasteiger partial charge >= 0.3 is 5.97 Å². The van der Waals surface area contributed by atoms with Gasteiger partial charge in [0.15, 0.2) is 11.5 Å². The van der Waals surface area contributed by atoms with Crippen LogP contribution >= 0.6 is 0 Å². The Hall–Kier alpha value is -3.28. The van der Waals surface area contributed by atoms with Gasteiger partial charge in [0.25, 0.3) is 5.91 Å². The van der Waals surface area contributed by atoms with Gasteiger partial charge in [0.2, 0.25) is 12.9 Å². The molecule has 1 heterocycles. The van der Waals surface area contributed by atoms with E-state index in [1.54, 1.807) is 62.6 Å². The monoisotopic (exact) mass is 353 g/mol. The Balaban J connectivity index is 1.72. The fourth-order valence-corrected chi connectivity index (χ4v) is 2.46. The second-order valence-corrected chi connectivity index (χ2v) is 5.91. The molecule has 1 amide bonds. The predicted molar refractivity (Wildman–Crippen MR) is 95.6 cm³/mol. The van der Waals surface area contributed by atoms with Crippen molar-refractivity contribution < 1.29 is 23.8 Å². The average molecular weight is 353 g/mol. The van der Waals surface area contributed by atoms with E-state index in [0.717, 1.165) is 5.56 Å². The molecular formula is C20H19NO5. The van der Waals surface area contributed by atoms with Crippen molar-refractivity contribution in [3.05, 3.63) is 65.7 Å². The van der Waals surface area contributed by atoms with Crippen LogP contribution in [0.25, 0.3) is 6.08 Å². The van der Waals surface area contributed by atoms with Crippen molar-refractivity contribution in [1.82, 2.24) is 4.90 Å². The quantitative estimate of drug-likeness (QED) is 0.611. The first-order valence-corrected chi connectivity index (χ1v) is 8.09. The van der Waals surface area contributed by atoms with Crippen molar-refractivity contribution in [2.75, 3.05) is 20.9 Å². The Bertz CT molecular complexity index is 829. The second-order valence-electron chi connectivity index (χ2n) is 5.91. The Morgan fingerprint density at radius 2 is 1.81 bits per heavy atom. The lowest BCUT2D eigenvalue weighted by Crippen LogP contribution is -2.30. The number of carbonyl (C=O) groups is 2. The SMILES string of the molecule is CN(C)C(=O)C(OC(=O)/C=C/c1ccc2c(c1)OCO2)c1ccccc1. The van der Waals surface area contributed by atoms with E-state index in [1.807, 2.05) is 6.07 Å². The zero-order valence-electron chi connectivity index (χ0n) is 14.5. The molecule has 0 aromatic heterocycles. The molecule has 0 radical (unpaired) electrons. The van der Waals surface area contributed by atoms with Crippen LogP contribution in [0.15, 0.2) is 54.6 Å². The number of hydrogen-bond acceptors (Lipinski definition) is 5. The number of hydrogen-bond donors (Lipinski definition) is 0. The summed E-state index contributed by atoms with van der Waals surface area (Å²) in [7, 11) is 3.24. The van der Waals surface area contributed by atoms with Crippen molar-refractivity contribution in [3.8, 4) is 11.5 Å². The van der Waals surface area contributed by atoms with Gasteiger partial charge in [-0.25, -0.2) is 4.79 Å². The minimum Gasteiger partial charge on any atom is -0.454 e. The fraction of sp³-hybridized carbons (Fsp3) is 0.200. The van der Waals surface area contributed by atoms with Crippen LogP contribution in [0.3, 0.4) is 0 Å². The summed E-state index contributed by atoms with van der Waals surface area (Å²) in [5.74, 6) is 0.392. The Labute approximate surface area is 151 Å². The topological polar surface area (TPSA) is 65.1 Å². The molecule has 6 nitrogen and oxygen atoms in total. The van der Waals surface area contributed by atoms with Gasteiger partial charge in [-0.05, 0) is 23.8 Å². The normalized spacial score (nSPS) is 13.5. The lowest BCUT2D eigenvalue weighted by Gasteiger charge is -2.20. The third kappa shape index (κ3) is 4.03. The highest BCUT2D eigenvalue weighted by Crippen LogP contribution is 2.32. The molecule has 0 fully saturated rings. The average Bonchev–Trinajstić information content (AvgIpc) is 3.12. The van der Waals surface area contributed by atoms with Crippen LogP contribution < -0.4 is 9.47 Å². The molecule has 0 spiro atoms. The fourth-order valence-electron chi connectivity index (χ4n) is 2.46. The standard InChI is InChI=1S/C20H19NO5/c1-21(2)20(23)19(15-6-4-3-5-7-15)26-18(22)11-9-14-8-10-16-17(12-14)25-13-24-16/h3-12,19H,13H2,1-2H3/b11-9+. The largest absolute Gasteiger partial charge is 0.454 e. The first-order chi connectivity index (χ1) is 12.5. The zero-order valence-corrected chi connectivity index (χ0v) is 14.5. The maximum absolute atomic E-state index is 12.4. The molecule has 26 heavy (non-hydrogen) atoms. The highest BCUT2D eigenvalue weighted by molar-refractivity contribution is 5.91. The maximum atomic E-state index is 12.4. The summed E-state index contributed by atoms with van der Waals surface area (Å²) in [6.07, 6.45) is 1.91. The van der Waals surface area contributed by atoms with Crippen LogP contribution in [-0.2, 0) is 14.3 Å². The van der Waals surface area contributed by atoms with Crippen LogP contribution in [0.5, 0.6) is 11.5 Å². The molecule has 2 aromatic rings. The molecule has 1 atom stereocenters. The summed E-state index contributed by atoms with van der Waals surface area (Å²) < 4.78 is 16.0. The number of likely N-dealkylation sites (N-methyl/N-ethyl adjacent to an activating group) is 1. The Morgan fingerprint density at radius 1 is 1.08 bits per heavy atom. The molecule has 1 aliphatic rings. The summed E-state index contributed by atoms with van der Waals surface area (Å²) in [5, 5.41) is 0. The number of esters is 1. The summed E-state index contributed by atoms with van der Waals surface area (Å²) in [6, 6.07) is 14.3. The maximum Gasteiger partial charge on any atom is 0.331 e. The number of rotatable bonds is 5. The smallest absolute Gasteiger partial charge is 0.331 e. The first kappa shape index (κ1) is 17.5. The van der Waals surface area contributed by atoms with Gasteiger partial charge in [-0.15, -0.1) is 0 Å². The molecule has 0 saturated carbocycles. The van der Waals surface area contributed by atoms with Crippen molar-refractivity contribution in [2.24, 2.45) is 0 Å². The predicted octanol–water partition coefficient (Wildman–Crippen LogP) is 2.80. The molecule has 134 valence electrons. The van der Waals surface area contributed by atoms with Crippen LogP contribution in [-0.4, -0.2) is 37.7 Å². The first-order valence-electron chi connectivity index (χ1n) is 8.09. The van der Waals surface area contributed by atoms with E-state index in [0.29, 0.717) is 17.1 Å². The van der Waals surface area contributed by atoms with Crippen LogP contribution in [0, 0.1) is 0 Å². The third-order valence-electron chi connectivity index (χ3n) is 3.81. The lowest BCUT2D eigenvalue weighted by atomic mass is 10.1. The highest BCUT2D eigenvalue weighted by atomic mass is 16.7. The molecule has 1 unspecified atom stereocenters. The van der Waals surface area contributed by atoms with Crippen LogP contribution in [0.4, 0.5) is 0 Å². The van der Waals surface area contributed by atoms with E-state index < -0.39 is 12.1 Å². The lowest BCUT2D eigenvalue weighted by molar-refractivity contribution is -0.155. The molecule has 1 aliphatic heterocycles. The van der Waals surface area contributed by atoms with Gasteiger partial charge in [-0.2, -0.15) is 0 Å². The Morgan fingerprint density at radius 3 is 2.54 bits per heavy atom. The molecule has 0 bridgehead atoms. The van der Waals surface area contributed by atoms with Crippen LogP contribution in [0.2, 0.25) is 0 Å². The highest BCUT2D eigenvalue weighted by Gasteiger charge is 2.25. The van der Waals surface area contributed by atoms with Gasteiger partial charge < -0.3 is 19.1 Å².